The summed E-state index contributed by atoms with van der Waals surface area (Å²) in [6.07, 6.45) is 20.0. The second-order valence-electron chi connectivity index (χ2n) is 9.68. The molecule has 35 heavy (non-hydrogen) atoms. The molecule has 6 heteroatoms. The van der Waals surface area contributed by atoms with E-state index >= 15 is 0 Å². The molecule has 0 aliphatic carbocycles. The second kappa shape index (κ2) is 25.5. The normalized spacial score (nSPS) is 11.7. The van der Waals surface area contributed by atoms with Crippen molar-refractivity contribution < 1.29 is 28.6 Å². The summed E-state index contributed by atoms with van der Waals surface area (Å²) in [5, 5.41) is 0. The van der Waals surface area contributed by atoms with Crippen LogP contribution in [0.1, 0.15) is 149 Å². The van der Waals surface area contributed by atoms with E-state index in [0.717, 1.165) is 38.5 Å². The fourth-order valence-corrected chi connectivity index (χ4v) is 3.89. The monoisotopic (exact) mass is 498 g/mol. The van der Waals surface area contributed by atoms with Gasteiger partial charge >= 0.3 is 17.9 Å². The van der Waals surface area contributed by atoms with Crippen LogP contribution in [-0.2, 0) is 28.6 Å². The van der Waals surface area contributed by atoms with Gasteiger partial charge in [-0.05, 0) is 19.3 Å². The average Bonchev–Trinajstić information content (AvgIpc) is 2.84. The molecular formula is C29H54O6. The first kappa shape index (κ1) is 33.4. The fraction of sp³-hybridized carbons (Fsp3) is 0.897. The van der Waals surface area contributed by atoms with Crippen LogP contribution in [0.15, 0.2) is 0 Å². The van der Waals surface area contributed by atoms with Gasteiger partial charge in [-0.1, -0.05) is 111 Å². The van der Waals surface area contributed by atoms with Crippen LogP contribution in [0.25, 0.3) is 0 Å². The maximum absolute atomic E-state index is 12.1. The third kappa shape index (κ3) is 23.9. The molecular weight excluding hydrogens is 444 g/mol. The quantitative estimate of drug-likeness (QED) is 0.0724. The van der Waals surface area contributed by atoms with Gasteiger partial charge in [0.15, 0.2) is 6.10 Å². The highest BCUT2D eigenvalue weighted by Crippen LogP contribution is 2.13. The smallest absolute Gasteiger partial charge is 0.306 e. The van der Waals surface area contributed by atoms with Crippen molar-refractivity contribution in [2.75, 3.05) is 13.2 Å². The number of carbonyl (C=O) groups excluding carboxylic acids is 3. The van der Waals surface area contributed by atoms with Crippen molar-refractivity contribution in [3.63, 3.8) is 0 Å². The van der Waals surface area contributed by atoms with Crippen molar-refractivity contribution >= 4 is 17.9 Å². The summed E-state index contributed by atoms with van der Waals surface area (Å²) in [5.74, 6) is -0.972. The Morgan fingerprint density at radius 3 is 1.31 bits per heavy atom. The van der Waals surface area contributed by atoms with Crippen LogP contribution in [0.2, 0.25) is 0 Å². The molecule has 0 heterocycles. The van der Waals surface area contributed by atoms with Crippen LogP contribution in [0.3, 0.4) is 0 Å². The molecule has 0 aromatic carbocycles. The first-order valence-corrected chi connectivity index (χ1v) is 14.5. The molecule has 0 saturated carbocycles. The van der Waals surface area contributed by atoms with Crippen LogP contribution >= 0.6 is 0 Å². The Morgan fingerprint density at radius 2 is 0.829 bits per heavy atom. The van der Waals surface area contributed by atoms with Gasteiger partial charge in [-0.3, -0.25) is 14.4 Å². The molecule has 0 radical (unpaired) electrons. The number of ether oxygens (including phenoxy) is 3. The van der Waals surface area contributed by atoms with E-state index in [9.17, 15) is 14.4 Å². The molecule has 0 spiro atoms. The van der Waals surface area contributed by atoms with E-state index < -0.39 is 6.10 Å². The number of unbranched alkanes of at least 4 members (excludes halogenated alkanes) is 14. The van der Waals surface area contributed by atoms with Crippen LogP contribution in [0.4, 0.5) is 0 Å². The topological polar surface area (TPSA) is 78.9 Å². The number of rotatable bonds is 25. The first-order chi connectivity index (χ1) is 17.0. The summed E-state index contributed by atoms with van der Waals surface area (Å²) >= 11 is 0. The summed E-state index contributed by atoms with van der Waals surface area (Å²) in [5.41, 5.74) is 0. The van der Waals surface area contributed by atoms with E-state index in [2.05, 4.69) is 13.8 Å². The molecule has 0 aromatic rings. The summed E-state index contributed by atoms with van der Waals surface area (Å²) in [7, 11) is 0. The molecule has 0 rings (SSSR count). The lowest BCUT2D eigenvalue weighted by molar-refractivity contribution is -0.167. The lowest BCUT2D eigenvalue weighted by Gasteiger charge is -2.18. The number of esters is 3. The van der Waals surface area contributed by atoms with Crippen LogP contribution in [-0.4, -0.2) is 37.2 Å². The van der Waals surface area contributed by atoms with E-state index in [1.54, 1.807) is 0 Å². The minimum Gasteiger partial charge on any atom is -0.462 e. The summed E-state index contributed by atoms with van der Waals surface area (Å²) in [6, 6.07) is 0. The van der Waals surface area contributed by atoms with Crippen molar-refractivity contribution in [2.45, 2.75) is 155 Å². The van der Waals surface area contributed by atoms with Crippen molar-refractivity contribution in [1.82, 2.24) is 0 Å². The van der Waals surface area contributed by atoms with E-state index in [-0.39, 0.29) is 31.1 Å². The molecule has 6 nitrogen and oxygen atoms in total. The minimum atomic E-state index is -0.750. The summed E-state index contributed by atoms with van der Waals surface area (Å²) < 4.78 is 15.9. The first-order valence-electron chi connectivity index (χ1n) is 14.5. The predicted octanol–water partition coefficient (Wildman–Crippen LogP) is 7.85. The maximum Gasteiger partial charge on any atom is 0.306 e. The molecule has 0 N–H and O–H groups in total. The SMILES string of the molecule is CCCCCCCCCCCCCCCC(=O)OCC(COC(=O)CCC)OC(=O)CCCCC. The van der Waals surface area contributed by atoms with Crippen molar-refractivity contribution in [3.8, 4) is 0 Å². The molecule has 0 aliphatic heterocycles. The van der Waals surface area contributed by atoms with Gasteiger partial charge in [0, 0.05) is 19.3 Å². The van der Waals surface area contributed by atoms with Gasteiger partial charge in [0.2, 0.25) is 0 Å². The number of carbonyl (C=O) groups is 3. The van der Waals surface area contributed by atoms with Crippen LogP contribution in [0, 0.1) is 0 Å². The highest BCUT2D eigenvalue weighted by atomic mass is 16.6. The Hall–Kier alpha value is -1.59. The Bertz CT molecular complexity index is 519. The van der Waals surface area contributed by atoms with Gasteiger partial charge < -0.3 is 14.2 Å². The minimum absolute atomic E-state index is 0.0732. The summed E-state index contributed by atoms with van der Waals surface area (Å²) in [6.45, 7) is 6.06. The highest BCUT2D eigenvalue weighted by Gasteiger charge is 2.19. The van der Waals surface area contributed by atoms with E-state index in [4.69, 9.17) is 14.2 Å². The molecule has 0 aromatic heterocycles. The van der Waals surface area contributed by atoms with E-state index in [0.29, 0.717) is 25.7 Å². The molecule has 0 aliphatic rings. The maximum atomic E-state index is 12.1. The third-order valence-electron chi connectivity index (χ3n) is 6.08. The number of hydrogen-bond acceptors (Lipinski definition) is 6. The van der Waals surface area contributed by atoms with Crippen molar-refractivity contribution in [1.29, 1.82) is 0 Å². The third-order valence-corrected chi connectivity index (χ3v) is 6.08. The Labute approximate surface area is 215 Å². The van der Waals surface area contributed by atoms with Crippen LogP contribution < -0.4 is 0 Å². The molecule has 0 bridgehead atoms. The predicted molar refractivity (Wildman–Crippen MR) is 141 cm³/mol. The molecule has 0 amide bonds. The molecule has 0 saturated heterocycles. The Kier molecular flexibility index (Phi) is 24.3. The van der Waals surface area contributed by atoms with Gasteiger partial charge in [-0.15, -0.1) is 0 Å². The fourth-order valence-electron chi connectivity index (χ4n) is 3.89. The van der Waals surface area contributed by atoms with Gasteiger partial charge in [-0.2, -0.15) is 0 Å². The van der Waals surface area contributed by atoms with E-state index in [1.807, 2.05) is 6.92 Å². The number of hydrogen-bond donors (Lipinski definition) is 0. The molecule has 1 atom stereocenters. The van der Waals surface area contributed by atoms with E-state index in [1.165, 1.54) is 64.2 Å². The summed E-state index contributed by atoms with van der Waals surface area (Å²) in [4.78, 5) is 35.8. The van der Waals surface area contributed by atoms with Gasteiger partial charge in [0.1, 0.15) is 13.2 Å². The Morgan fingerprint density at radius 1 is 0.457 bits per heavy atom. The molecule has 1 unspecified atom stereocenters. The largest absolute Gasteiger partial charge is 0.462 e. The van der Waals surface area contributed by atoms with Gasteiger partial charge in [0.05, 0.1) is 0 Å². The second-order valence-corrected chi connectivity index (χ2v) is 9.68. The lowest BCUT2D eigenvalue weighted by atomic mass is 10.0. The zero-order chi connectivity index (χ0) is 26.0. The van der Waals surface area contributed by atoms with Crippen molar-refractivity contribution in [3.05, 3.63) is 0 Å². The molecule has 206 valence electrons. The molecule has 0 fully saturated rings. The lowest BCUT2D eigenvalue weighted by Crippen LogP contribution is -2.30. The average molecular weight is 499 g/mol. The van der Waals surface area contributed by atoms with Crippen molar-refractivity contribution in [2.24, 2.45) is 0 Å². The van der Waals surface area contributed by atoms with Gasteiger partial charge in [-0.25, -0.2) is 0 Å². The standard InChI is InChI=1S/C29H54O6/c1-4-7-9-10-11-12-13-14-15-16-17-18-20-22-28(31)34-25-26(24-33-27(30)21-6-3)35-29(32)23-19-8-5-2/h26H,4-25H2,1-3H3. The van der Waals surface area contributed by atoms with Gasteiger partial charge in [0.25, 0.3) is 0 Å². The van der Waals surface area contributed by atoms with Crippen LogP contribution in [0.5, 0.6) is 0 Å². The zero-order valence-electron chi connectivity index (χ0n) is 23.1. The Balaban J connectivity index is 3.94. The zero-order valence-corrected chi connectivity index (χ0v) is 23.1. The highest BCUT2D eigenvalue weighted by molar-refractivity contribution is 5.71.